The van der Waals surface area contributed by atoms with Gasteiger partial charge in [0.1, 0.15) is 0 Å². The van der Waals surface area contributed by atoms with Crippen LogP contribution in [0.2, 0.25) is 0 Å². The average molecular weight is 247 g/mol. The lowest BCUT2D eigenvalue weighted by atomic mass is 9.96. The van der Waals surface area contributed by atoms with Crippen LogP contribution in [-0.2, 0) is 6.42 Å². The van der Waals surface area contributed by atoms with Gasteiger partial charge in [-0.15, -0.1) is 0 Å². The van der Waals surface area contributed by atoms with E-state index in [9.17, 15) is 5.11 Å². The molecule has 2 heteroatoms. The van der Waals surface area contributed by atoms with Crippen LogP contribution < -0.4 is 4.90 Å². The molecule has 100 valence electrons. The molecule has 2 atom stereocenters. The third-order valence-corrected chi connectivity index (χ3v) is 4.07. The van der Waals surface area contributed by atoms with Crippen LogP contribution in [0.3, 0.4) is 0 Å². The Morgan fingerprint density at radius 3 is 2.94 bits per heavy atom. The first-order valence-electron chi connectivity index (χ1n) is 7.25. The van der Waals surface area contributed by atoms with Crippen LogP contribution in [-0.4, -0.2) is 23.8 Å². The van der Waals surface area contributed by atoms with E-state index < -0.39 is 0 Å². The minimum atomic E-state index is -0.125. The molecule has 1 aromatic carbocycles. The molecule has 1 N–H and O–H groups in total. The summed E-state index contributed by atoms with van der Waals surface area (Å²) in [6.45, 7) is 5.42. The van der Waals surface area contributed by atoms with Crippen LogP contribution >= 0.6 is 0 Å². The van der Waals surface area contributed by atoms with Crippen LogP contribution in [0.25, 0.3) is 0 Å². The molecule has 1 aromatic rings. The highest BCUT2D eigenvalue weighted by molar-refractivity contribution is 5.56. The third kappa shape index (κ3) is 3.05. The minimum absolute atomic E-state index is 0.125. The maximum Gasteiger partial charge on any atom is 0.0538 e. The van der Waals surface area contributed by atoms with Crippen LogP contribution in [0, 0.1) is 0 Å². The quantitative estimate of drug-likeness (QED) is 0.862. The number of para-hydroxylation sites is 1. The van der Waals surface area contributed by atoms with Gasteiger partial charge in [-0.05, 0) is 50.7 Å². The number of hydrogen-bond acceptors (Lipinski definition) is 2. The summed E-state index contributed by atoms with van der Waals surface area (Å²) in [6, 6.07) is 9.37. The second-order valence-electron chi connectivity index (χ2n) is 5.41. The summed E-state index contributed by atoms with van der Waals surface area (Å²) in [7, 11) is 0. The smallest absolute Gasteiger partial charge is 0.0538 e. The van der Waals surface area contributed by atoms with Crippen molar-refractivity contribution >= 4 is 5.69 Å². The van der Waals surface area contributed by atoms with Crippen LogP contribution in [0.15, 0.2) is 24.3 Å². The number of nitrogens with zero attached hydrogens (tertiary/aromatic N) is 1. The highest BCUT2D eigenvalue weighted by Crippen LogP contribution is 2.30. The normalized spacial score (nSPS) is 20.6. The average Bonchev–Trinajstić information content (AvgIpc) is 2.41. The van der Waals surface area contributed by atoms with Crippen molar-refractivity contribution < 1.29 is 5.11 Å². The van der Waals surface area contributed by atoms with Crippen molar-refractivity contribution in [1.82, 2.24) is 0 Å². The Balaban J connectivity index is 1.98. The number of aryl methyl sites for hydroxylation is 1. The summed E-state index contributed by atoms with van der Waals surface area (Å²) >= 11 is 0. The fourth-order valence-electron chi connectivity index (χ4n) is 2.80. The fraction of sp³-hybridized carbons (Fsp3) is 0.625. The molecule has 0 spiro atoms. The van der Waals surface area contributed by atoms with Crippen molar-refractivity contribution in [2.24, 2.45) is 0 Å². The third-order valence-electron chi connectivity index (χ3n) is 4.07. The number of hydrogen-bond donors (Lipinski definition) is 1. The van der Waals surface area contributed by atoms with Crippen molar-refractivity contribution in [1.29, 1.82) is 0 Å². The van der Waals surface area contributed by atoms with Crippen molar-refractivity contribution in [2.75, 3.05) is 11.4 Å². The number of benzene rings is 1. The lowest BCUT2D eigenvalue weighted by Crippen LogP contribution is -2.38. The molecule has 0 aliphatic carbocycles. The second kappa shape index (κ2) is 6.24. The van der Waals surface area contributed by atoms with Gasteiger partial charge in [-0.25, -0.2) is 0 Å². The number of aliphatic hydroxyl groups excluding tert-OH is 1. The number of anilines is 1. The van der Waals surface area contributed by atoms with E-state index in [0.717, 1.165) is 25.8 Å². The van der Waals surface area contributed by atoms with Gasteiger partial charge in [0.05, 0.1) is 6.10 Å². The van der Waals surface area contributed by atoms with Crippen LogP contribution in [0.5, 0.6) is 0 Å². The van der Waals surface area contributed by atoms with E-state index in [4.69, 9.17) is 0 Å². The molecular weight excluding hydrogens is 222 g/mol. The Morgan fingerprint density at radius 1 is 1.39 bits per heavy atom. The second-order valence-corrected chi connectivity index (χ2v) is 5.41. The Hall–Kier alpha value is -1.02. The predicted octanol–water partition coefficient (Wildman–Crippen LogP) is 3.38. The van der Waals surface area contributed by atoms with Gasteiger partial charge in [0, 0.05) is 18.3 Å². The fourth-order valence-corrected chi connectivity index (χ4v) is 2.80. The summed E-state index contributed by atoms with van der Waals surface area (Å²) in [5.41, 5.74) is 2.88. The van der Waals surface area contributed by atoms with Crippen molar-refractivity contribution in [3.8, 4) is 0 Å². The topological polar surface area (TPSA) is 23.5 Å². The van der Waals surface area contributed by atoms with E-state index in [2.05, 4.69) is 36.1 Å². The van der Waals surface area contributed by atoms with E-state index in [1.807, 2.05) is 6.92 Å². The van der Waals surface area contributed by atoms with Gasteiger partial charge < -0.3 is 10.0 Å². The Morgan fingerprint density at radius 2 is 2.17 bits per heavy atom. The SMILES string of the molecule is CCC(O)CCCN1c2ccccc2CCC1C. The first-order chi connectivity index (χ1) is 8.72. The number of aliphatic hydroxyl groups is 1. The van der Waals surface area contributed by atoms with Crippen LogP contribution in [0.1, 0.15) is 45.1 Å². The Bertz CT molecular complexity index is 377. The molecule has 0 aromatic heterocycles. The first kappa shape index (κ1) is 13.4. The molecule has 0 radical (unpaired) electrons. The zero-order chi connectivity index (χ0) is 13.0. The monoisotopic (exact) mass is 247 g/mol. The van der Waals surface area contributed by atoms with Gasteiger partial charge in [0.2, 0.25) is 0 Å². The summed E-state index contributed by atoms with van der Waals surface area (Å²) in [5, 5.41) is 9.63. The summed E-state index contributed by atoms with van der Waals surface area (Å²) in [6.07, 6.45) is 5.18. The molecule has 0 fully saturated rings. The maximum absolute atomic E-state index is 9.63. The van der Waals surface area contributed by atoms with Gasteiger partial charge >= 0.3 is 0 Å². The number of fused-ring (bicyclic) bond motifs is 1. The molecule has 0 bridgehead atoms. The highest BCUT2D eigenvalue weighted by atomic mass is 16.3. The van der Waals surface area contributed by atoms with Gasteiger partial charge in [0.25, 0.3) is 0 Å². The van der Waals surface area contributed by atoms with Crippen molar-refractivity contribution in [2.45, 2.75) is 58.1 Å². The lowest BCUT2D eigenvalue weighted by molar-refractivity contribution is 0.158. The zero-order valence-corrected chi connectivity index (χ0v) is 11.6. The van der Waals surface area contributed by atoms with Gasteiger partial charge in [-0.1, -0.05) is 25.1 Å². The van der Waals surface area contributed by atoms with Gasteiger partial charge in [-0.2, -0.15) is 0 Å². The standard InChI is InChI=1S/C16H25NO/c1-3-15(18)8-6-12-17-13(2)10-11-14-7-4-5-9-16(14)17/h4-5,7,9,13,15,18H,3,6,8,10-12H2,1-2H3. The van der Waals surface area contributed by atoms with E-state index in [1.54, 1.807) is 0 Å². The molecule has 2 rings (SSSR count). The molecule has 1 aliphatic heterocycles. The summed E-state index contributed by atoms with van der Waals surface area (Å²) in [5.74, 6) is 0. The summed E-state index contributed by atoms with van der Waals surface area (Å²) in [4.78, 5) is 2.52. The first-order valence-corrected chi connectivity index (χ1v) is 7.25. The van der Waals surface area contributed by atoms with Crippen LogP contribution in [0.4, 0.5) is 5.69 Å². The maximum atomic E-state index is 9.63. The molecule has 0 saturated carbocycles. The molecule has 0 saturated heterocycles. The molecule has 2 unspecified atom stereocenters. The Kier molecular flexibility index (Phi) is 4.65. The molecule has 1 aliphatic rings. The van der Waals surface area contributed by atoms with E-state index >= 15 is 0 Å². The highest BCUT2D eigenvalue weighted by Gasteiger charge is 2.22. The van der Waals surface area contributed by atoms with Gasteiger partial charge in [0.15, 0.2) is 0 Å². The summed E-state index contributed by atoms with van der Waals surface area (Å²) < 4.78 is 0. The van der Waals surface area contributed by atoms with Gasteiger partial charge in [-0.3, -0.25) is 0 Å². The van der Waals surface area contributed by atoms with Crippen molar-refractivity contribution in [3.63, 3.8) is 0 Å². The molecule has 1 heterocycles. The molecule has 2 nitrogen and oxygen atoms in total. The largest absolute Gasteiger partial charge is 0.393 e. The van der Waals surface area contributed by atoms with E-state index in [0.29, 0.717) is 6.04 Å². The zero-order valence-electron chi connectivity index (χ0n) is 11.6. The minimum Gasteiger partial charge on any atom is -0.393 e. The van der Waals surface area contributed by atoms with E-state index in [-0.39, 0.29) is 6.10 Å². The number of rotatable bonds is 5. The molecule has 18 heavy (non-hydrogen) atoms. The Labute approximate surface area is 111 Å². The molecular formula is C16H25NO. The molecule has 0 amide bonds. The predicted molar refractivity (Wildman–Crippen MR) is 77.1 cm³/mol. The lowest BCUT2D eigenvalue weighted by Gasteiger charge is -2.37. The van der Waals surface area contributed by atoms with Crippen molar-refractivity contribution in [3.05, 3.63) is 29.8 Å². The van der Waals surface area contributed by atoms with E-state index in [1.165, 1.54) is 24.1 Å².